The van der Waals surface area contributed by atoms with Crippen molar-refractivity contribution >= 4 is 11.6 Å². The molecule has 1 aromatic heterocycles. The van der Waals surface area contributed by atoms with Gasteiger partial charge in [-0.3, -0.25) is 14.3 Å². The third-order valence-electron chi connectivity index (χ3n) is 3.45. The zero-order chi connectivity index (χ0) is 15.4. The van der Waals surface area contributed by atoms with E-state index in [1.165, 1.54) is 4.57 Å². The van der Waals surface area contributed by atoms with Gasteiger partial charge in [0.15, 0.2) is 0 Å². The Bertz CT molecular complexity index is 722. The molecule has 0 unspecified atom stereocenters. The van der Waals surface area contributed by atoms with Crippen LogP contribution in [-0.2, 0) is 6.54 Å². The van der Waals surface area contributed by atoms with Crippen molar-refractivity contribution in [3.63, 3.8) is 0 Å². The van der Waals surface area contributed by atoms with Crippen molar-refractivity contribution in [2.45, 2.75) is 13.5 Å². The second-order valence-corrected chi connectivity index (χ2v) is 5.22. The molecule has 0 saturated carbocycles. The number of aromatic nitrogens is 2. The number of rotatable bonds is 5. The van der Waals surface area contributed by atoms with E-state index in [0.29, 0.717) is 24.2 Å². The van der Waals surface area contributed by atoms with E-state index >= 15 is 0 Å². The first kappa shape index (κ1) is 15.5. The predicted molar refractivity (Wildman–Crippen MR) is 84.9 cm³/mol. The van der Waals surface area contributed by atoms with E-state index in [4.69, 9.17) is 11.6 Å². The van der Waals surface area contributed by atoms with E-state index in [2.05, 4.69) is 4.98 Å². The average molecular weight is 308 g/mol. The summed E-state index contributed by atoms with van der Waals surface area (Å²) in [5.74, 6) is 0. The van der Waals surface area contributed by atoms with Crippen LogP contribution in [0.3, 0.4) is 0 Å². The van der Waals surface area contributed by atoms with Gasteiger partial charge in [0.1, 0.15) is 5.15 Å². The Morgan fingerprint density at radius 1 is 1.24 bits per heavy atom. The molecule has 2 rings (SSSR count). The molecule has 1 N–H and O–H groups in total. The minimum atomic E-state index is -0.478. The quantitative estimate of drug-likeness (QED) is 0.857. The fourth-order valence-electron chi connectivity index (χ4n) is 2.03. The van der Waals surface area contributed by atoms with Gasteiger partial charge in [-0.1, -0.05) is 48.9 Å². The number of aromatic amines is 1. The molecule has 112 valence electrons. The molecule has 0 radical (unpaired) electrons. The van der Waals surface area contributed by atoms with E-state index in [0.717, 1.165) is 6.54 Å². The first-order valence-electron chi connectivity index (χ1n) is 6.81. The SMILES string of the molecule is CCN(C)CCn1c(=O)[nH]c(Cl)c(-c2ccccc2)c1=O. The molecule has 2 aromatic rings. The minimum absolute atomic E-state index is 0.0799. The van der Waals surface area contributed by atoms with Crippen LogP contribution in [0.5, 0.6) is 0 Å². The van der Waals surface area contributed by atoms with E-state index in [1.807, 2.05) is 37.1 Å². The van der Waals surface area contributed by atoms with Crippen LogP contribution in [0.2, 0.25) is 5.15 Å². The van der Waals surface area contributed by atoms with Crippen LogP contribution in [0.4, 0.5) is 0 Å². The largest absolute Gasteiger partial charge is 0.329 e. The molecule has 1 heterocycles. The fourth-order valence-corrected chi connectivity index (χ4v) is 2.30. The van der Waals surface area contributed by atoms with Crippen molar-refractivity contribution in [3.05, 3.63) is 56.3 Å². The molecule has 6 heteroatoms. The predicted octanol–water partition coefficient (Wildman–Crippen LogP) is 1.81. The maximum atomic E-state index is 12.6. The smallest absolute Gasteiger partial charge is 0.305 e. The standard InChI is InChI=1S/C15H18ClN3O2/c1-3-18(2)9-10-19-14(20)12(13(16)17-15(19)21)11-7-5-4-6-8-11/h4-8H,3,9-10H2,1-2H3,(H,17,21). The lowest BCUT2D eigenvalue weighted by molar-refractivity contribution is 0.330. The van der Waals surface area contributed by atoms with Gasteiger partial charge in [0.2, 0.25) is 0 Å². The molecule has 21 heavy (non-hydrogen) atoms. The van der Waals surface area contributed by atoms with Crippen LogP contribution in [-0.4, -0.2) is 34.6 Å². The Kier molecular flexibility index (Phi) is 4.98. The lowest BCUT2D eigenvalue weighted by Gasteiger charge is -2.15. The van der Waals surface area contributed by atoms with Gasteiger partial charge in [0.05, 0.1) is 5.56 Å². The lowest BCUT2D eigenvalue weighted by Crippen LogP contribution is -2.39. The average Bonchev–Trinajstić information content (AvgIpc) is 2.47. The second kappa shape index (κ2) is 6.74. The Hall–Kier alpha value is -1.85. The molecule has 1 aromatic carbocycles. The number of hydrogen-bond acceptors (Lipinski definition) is 3. The zero-order valence-electron chi connectivity index (χ0n) is 12.1. The van der Waals surface area contributed by atoms with Crippen molar-refractivity contribution in [1.29, 1.82) is 0 Å². The van der Waals surface area contributed by atoms with Gasteiger partial charge >= 0.3 is 5.69 Å². The fraction of sp³-hybridized carbons (Fsp3) is 0.333. The first-order chi connectivity index (χ1) is 10.0. The molecule has 0 bridgehead atoms. The molecule has 0 fully saturated rings. The number of H-pyrrole nitrogens is 1. The number of halogens is 1. The van der Waals surface area contributed by atoms with Gasteiger partial charge in [-0.2, -0.15) is 0 Å². The molecule has 0 atom stereocenters. The summed E-state index contributed by atoms with van der Waals surface area (Å²) in [6.45, 7) is 3.82. The molecule has 0 spiro atoms. The third kappa shape index (κ3) is 3.43. The zero-order valence-corrected chi connectivity index (χ0v) is 12.9. The highest BCUT2D eigenvalue weighted by atomic mass is 35.5. The molecule has 0 aliphatic rings. The van der Waals surface area contributed by atoms with Crippen LogP contribution >= 0.6 is 11.6 Å². The Balaban J connectivity index is 2.49. The summed E-state index contributed by atoms with van der Waals surface area (Å²) in [7, 11) is 1.94. The van der Waals surface area contributed by atoms with Crippen LogP contribution < -0.4 is 11.2 Å². The molecule has 5 nitrogen and oxygen atoms in total. The summed E-state index contributed by atoms with van der Waals surface area (Å²) in [6.07, 6.45) is 0. The summed E-state index contributed by atoms with van der Waals surface area (Å²) in [5, 5.41) is 0.0799. The van der Waals surface area contributed by atoms with Gasteiger partial charge < -0.3 is 4.90 Å². The number of benzene rings is 1. The van der Waals surface area contributed by atoms with E-state index in [1.54, 1.807) is 12.1 Å². The highest BCUT2D eigenvalue weighted by Gasteiger charge is 2.14. The summed E-state index contributed by atoms with van der Waals surface area (Å²) in [6, 6.07) is 9.10. The monoisotopic (exact) mass is 307 g/mol. The first-order valence-corrected chi connectivity index (χ1v) is 7.19. The van der Waals surface area contributed by atoms with Gasteiger partial charge in [-0.25, -0.2) is 4.79 Å². The van der Waals surface area contributed by atoms with Crippen LogP contribution in [0.1, 0.15) is 6.92 Å². The maximum Gasteiger partial charge on any atom is 0.329 e. The van der Waals surface area contributed by atoms with Crippen molar-refractivity contribution in [3.8, 4) is 11.1 Å². The summed E-state index contributed by atoms with van der Waals surface area (Å²) in [4.78, 5) is 29.1. The van der Waals surface area contributed by atoms with E-state index in [9.17, 15) is 9.59 Å². The van der Waals surface area contributed by atoms with Crippen LogP contribution in [0.25, 0.3) is 11.1 Å². The Morgan fingerprint density at radius 2 is 1.90 bits per heavy atom. The second-order valence-electron chi connectivity index (χ2n) is 4.84. The number of hydrogen-bond donors (Lipinski definition) is 1. The number of nitrogens with one attached hydrogen (secondary N) is 1. The van der Waals surface area contributed by atoms with Gasteiger partial charge in [-0.15, -0.1) is 0 Å². The normalized spacial score (nSPS) is 11.0. The van der Waals surface area contributed by atoms with Gasteiger partial charge in [0.25, 0.3) is 5.56 Å². The number of nitrogens with zero attached hydrogens (tertiary/aromatic N) is 2. The summed E-state index contributed by atoms with van der Waals surface area (Å²) in [5.41, 5.74) is 0.186. The van der Waals surface area contributed by atoms with Crippen molar-refractivity contribution < 1.29 is 0 Å². The molecule has 0 saturated heterocycles. The van der Waals surface area contributed by atoms with Crippen molar-refractivity contribution in [2.75, 3.05) is 20.1 Å². The molecule has 0 aliphatic heterocycles. The molecular formula is C15H18ClN3O2. The van der Waals surface area contributed by atoms with E-state index in [-0.39, 0.29) is 10.7 Å². The molecule has 0 aliphatic carbocycles. The highest BCUT2D eigenvalue weighted by Crippen LogP contribution is 2.20. The van der Waals surface area contributed by atoms with Gasteiger partial charge in [0, 0.05) is 13.1 Å². The highest BCUT2D eigenvalue weighted by molar-refractivity contribution is 6.32. The van der Waals surface area contributed by atoms with Crippen molar-refractivity contribution in [2.24, 2.45) is 0 Å². The minimum Gasteiger partial charge on any atom is -0.305 e. The van der Waals surface area contributed by atoms with Crippen molar-refractivity contribution in [1.82, 2.24) is 14.5 Å². The summed E-state index contributed by atoms with van der Waals surface area (Å²) >= 11 is 6.05. The van der Waals surface area contributed by atoms with Gasteiger partial charge in [-0.05, 0) is 19.2 Å². The van der Waals surface area contributed by atoms with Crippen LogP contribution in [0, 0.1) is 0 Å². The number of likely N-dealkylation sites (N-methyl/N-ethyl adjacent to an activating group) is 1. The topological polar surface area (TPSA) is 58.1 Å². The lowest BCUT2D eigenvalue weighted by atomic mass is 10.1. The van der Waals surface area contributed by atoms with Crippen LogP contribution in [0.15, 0.2) is 39.9 Å². The van der Waals surface area contributed by atoms with E-state index < -0.39 is 5.69 Å². The third-order valence-corrected chi connectivity index (χ3v) is 3.73. The Labute approximate surface area is 127 Å². The molecule has 0 amide bonds. The Morgan fingerprint density at radius 3 is 2.52 bits per heavy atom. The summed E-state index contributed by atoms with van der Waals surface area (Å²) < 4.78 is 1.19. The molecular weight excluding hydrogens is 290 g/mol. The maximum absolute atomic E-state index is 12.6.